The van der Waals surface area contributed by atoms with Crippen molar-refractivity contribution in [1.82, 2.24) is 28.5 Å². The second-order valence-electron chi connectivity index (χ2n) is 9.50. The van der Waals surface area contributed by atoms with E-state index in [-0.39, 0.29) is 22.2 Å². The van der Waals surface area contributed by atoms with E-state index < -0.39 is 15.6 Å². The van der Waals surface area contributed by atoms with Gasteiger partial charge in [0.2, 0.25) is 0 Å². The molecule has 0 saturated carbocycles. The summed E-state index contributed by atoms with van der Waals surface area (Å²) in [4.78, 5) is 17.9. The Morgan fingerprint density at radius 3 is 2.79 bits per heavy atom. The fourth-order valence-corrected chi connectivity index (χ4v) is 7.18. The highest BCUT2D eigenvalue weighted by Gasteiger charge is 2.40. The lowest BCUT2D eigenvalue weighted by Crippen LogP contribution is -2.25. The van der Waals surface area contributed by atoms with Crippen molar-refractivity contribution < 1.29 is 14.9 Å². The van der Waals surface area contributed by atoms with Crippen LogP contribution in [0.15, 0.2) is 89.8 Å². The molecule has 9 nitrogen and oxygen atoms in total. The fraction of sp³-hybridized carbons (Fsp3) is 0.143. The molecule has 0 amide bonds. The highest BCUT2D eigenvalue weighted by Crippen LogP contribution is 2.40. The van der Waals surface area contributed by atoms with Gasteiger partial charge in [-0.3, -0.25) is 4.98 Å². The molecule has 1 aliphatic rings. The Morgan fingerprint density at radius 1 is 1.10 bits per heavy atom. The summed E-state index contributed by atoms with van der Waals surface area (Å²) in [6.07, 6.45) is 6.71. The van der Waals surface area contributed by atoms with Crippen LogP contribution in [0.5, 0.6) is 0 Å². The molecule has 0 spiro atoms. The SMILES string of the molecule is [2H]c1cnc2c(n1)c(-c1nc(-c3cccc([C@@]4(O)CCn5ccnc54)c3)cs1)cn2S(=O)(=O)c1ccc(C)cc1. The molecule has 1 N–H and O–H groups in total. The number of hydrogen-bond acceptors (Lipinski definition) is 8. The van der Waals surface area contributed by atoms with Crippen LogP contribution in [0.2, 0.25) is 0 Å². The van der Waals surface area contributed by atoms with Gasteiger partial charge in [0.1, 0.15) is 21.9 Å². The van der Waals surface area contributed by atoms with Crippen LogP contribution in [0.25, 0.3) is 33.0 Å². The van der Waals surface area contributed by atoms with Crippen molar-refractivity contribution in [2.24, 2.45) is 0 Å². The molecule has 0 unspecified atom stereocenters. The standard InChI is InChI=1S/C28H22N6O3S2/c1-18-5-7-21(8-6-18)39(36,37)34-16-22(24-25(34)30-11-10-29-24)26-32-23(17-38-26)19-3-2-4-20(15-19)28(35)9-13-33-14-12-31-27(28)33/h2-8,10-12,14-17,35H,9,13H2,1H3/t28-/m0/s1/i10D. The third-order valence-corrected chi connectivity index (χ3v) is 9.63. The molecule has 11 heteroatoms. The van der Waals surface area contributed by atoms with Crippen LogP contribution in [0.1, 0.15) is 24.7 Å². The molecule has 0 saturated heterocycles. The first kappa shape index (κ1) is 22.8. The topological polar surface area (TPSA) is 116 Å². The van der Waals surface area contributed by atoms with Gasteiger partial charge >= 0.3 is 0 Å². The summed E-state index contributed by atoms with van der Waals surface area (Å²) in [5.74, 6) is 0.621. The lowest BCUT2D eigenvalue weighted by atomic mass is 9.90. The zero-order valence-electron chi connectivity index (χ0n) is 21.7. The predicted octanol–water partition coefficient (Wildman–Crippen LogP) is 4.60. The number of aliphatic hydroxyl groups is 1. The van der Waals surface area contributed by atoms with Crippen molar-refractivity contribution >= 4 is 32.5 Å². The number of benzene rings is 2. The number of rotatable bonds is 5. The van der Waals surface area contributed by atoms with Crippen LogP contribution in [0, 0.1) is 6.92 Å². The lowest BCUT2D eigenvalue weighted by molar-refractivity contribution is 0.0786. The number of aromatic nitrogens is 6. The maximum absolute atomic E-state index is 13.6. The Morgan fingerprint density at radius 2 is 1.95 bits per heavy atom. The van der Waals surface area contributed by atoms with Crippen LogP contribution < -0.4 is 0 Å². The smallest absolute Gasteiger partial charge is 0.269 e. The van der Waals surface area contributed by atoms with Gasteiger partial charge in [-0.2, -0.15) is 0 Å². The third kappa shape index (κ3) is 3.73. The molecule has 194 valence electrons. The zero-order valence-corrected chi connectivity index (χ0v) is 22.3. The van der Waals surface area contributed by atoms with Crippen molar-refractivity contribution in [3.8, 4) is 21.8 Å². The zero-order chi connectivity index (χ0) is 27.6. The van der Waals surface area contributed by atoms with Crippen LogP contribution >= 0.6 is 11.3 Å². The molecule has 0 bridgehead atoms. The summed E-state index contributed by atoms with van der Waals surface area (Å²) >= 11 is 1.34. The molecule has 4 aromatic heterocycles. The molecular formula is C28H22N6O3S2. The van der Waals surface area contributed by atoms with Crippen molar-refractivity contribution in [2.45, 2.75) is 30.4 Å². The summed E-state index contributed by atoms with van der Waals surface area (Å²) in [7, 11) is -3.98. The maximum atomic E-state index is 13.6. The van der Waals surface area contributed by atoms with E-state index in [9.17, 15) is 13.5 Å². The van der Waals surface area contributed by atoms with Gasteiger partial charge in [-0.15, -0.1) is 11.3 Å². The fourth-order valence-electron chi connectivity index (χ4n) is 5.03. The van der Waals surface area contributed by atoms with E-state index in [2.05, 4.69) is 15.0 Å². The normalized spacial score (nSPS) is 17.4. The van der Waals surface area contributed by atoms with Crippen LogP contribution in [-0.2, 0) is 22.2 Å². The quantitative estimate of drug-likeness (QED) is 0.330. The van der Waals surface area contributed by atoms with Crippen LogP contribution in [-0.4, -0.2) is 42.0 Å². The lowest BCUT2D eigenvalue weighted by Gasteiger charge is -2.22. The first-order valence-corrected chi connectivity index (χ1v) is 14.5. The van der Waals surface area contributed by atoms with Gasteiger partial charge in [-0.1, -0.05) is 35.9 Å². The molecule has 0 aliphatic carbocycles. The maximum Gasteiger partial charge on any atom is 0.269 e. The number of aryl methyl sites for hydroxylation is 2. The van der Waals surface area contributed by atoms with Crippen molar-refractivity contribution in [3.05, 3.63) is 102 Å². The molecule has 6 aromatic rings. The minimum Gasteiger partial charge on any atom is -0.377 e. The van der Waals surface area contributed by atoms with Crippen LogP contribution in [0.3, 0.4) is 0 Å². The highest BCUT2D eigenvalue weighted by molar-refractivity contribution is 7.90. The van der Waals surface area contributed by atoms with E-state index in [0.29, 0.717) is 35.1 Å². The summed E-state index contributed by atoms with van der Waals surface area (Å²) < 4.78 is 38.2. The minimum absolute atomic E-state index is 0.0770. The van der Waals surface area contributed by atoms with E-state index in [4.69, 9.17) is 6.35 Å². The molecule has 5 heterocycles. The molecule has 39 heavy (non-hydrogen) atoms. The summed E-state index contributed by atoms with van der Waals surface area (Å²) in [5, 5.41) is 13.9. The highest BCUT2D eigenvalue weighted by atomic mass is 32.2. The van der Waals surface area contributed by atoms with Crippen molar-refractivity contribution in [2.75, 3.05) is 0 Å². The van der Waals surface area contributed by atoms with Gasteiger partial charge in [0.25, 0.3) is 10.0 Å². The van der Waals surface area contributed by atoms with E-state index in [1.165, 1.54) is 23.7 Å². The Labute approximate surface area is 229 Å². The molecule has 0 radical (unpaired) electrons. The monoisotopic (exact) mass is 555 g/mol. The predicted molar refractivity (Wildman–Crippen MR) is 148 cm³/mol. The summed E-state index contributed by atoms with van der Waals surface area (Å²) in [6.45, 7) is 2.57. The van der Waals surface area contributed by atoms with E-state index in [1.807, 2.05) is 47.3 Å². The van der Waals surface area contributed by atoms with Crippen LogP contribution in [0.4, 0.5) is 0 Å². The number of thiazole rings is 1. The van der Waals surface area contributed by atoms with E-state index in [1.54, 1.807) is 30.5 Å². The van der Waals surface area contributed by atoms with Gasteiger partial charge in [0, 0.05) is 54.9 Å². The van der Waals surface area contributed by atoms with Gasteiger partial charge < -0.3 is 9.67 Å². The third-order valence-electron chi connectivity index (χ3n) is 7.09. The molecule has 0 fully saturated rings. The first-order chi connectivity index (χ1) is 19.2. The largest absolute Gasteiger partial charge is 0.377 e. The minimum atomic E-state index is -3.98. The number of imidazole rings is 1. The Bertz CT molecular complexity index is 2030. The first-order valence-electron chi connectivity index (χ1n) is 12.7. The average molecular weight is 556 g/mol. The molecular weight excluding hydrogens is 532 g/mol. The molecule has 1 aliphatic heterocycles. The van der Waals surface area contributed by atoms with E-state index in [0.717, 1.165) is 20.7 Å². The van der Waals surface area contributed by atoms with E-state index >= 15 is 0 Å². The second-order valence-corrected chi connectivity index (χ2v) is 12.2. The van der Waals surface area contributed by atoms with Gasteiger partial charge in [0.05, 0.1) is 17.5 Å². The average Bonchev–Trinajstić information content (AvgIpc) is 3.74. The number of fused-ring (bicyclic) bond motifs is 2. The summed E-state index contributed by atoms with van der Waals surface area (Å²) in [5.41, 5.74) is 2.85. The Hall–Kier alpha value is -4.19. The second kappa shape index (κ2) is 8.67. The van der Waals surface area contributed by atoms with Gasteiger partial charge in [-0.25, -0.2) is 27.3 Å². The summed E-state index contributed by atoms with van der Waals surface area (Å²) in [6, 6.07) is 14.2. The number of hydrogen-bond donors (Lipinski definition) is 1. The molecule has 1 atom stereocenters. The Balaban J connectivity index is 1.31. The van der Waals surface area contributed by atoms with Gasteiger partial charge in [0.15, 0.2) is 5.65 Å². The Kier molecular flexibility index (Phi) is 5.06. The van der Waals surface area contributed by atoms with Crippen molar-refractivity contribution in [3.63, 3.8) is 0 Å². The van der Waals surface area contributed by atoms with Gasteiger partial charge in [-0.05, 0) is 30.7 Å². The molecule has 7 rings (SSSR count). The van der Waals surface area contributed by atoms with Crippen molar-refractivity contribution in [1.29, 1.82) is 0 Å². The number of nitrogens with zero attached hydrogens (tertiary/aromatic N) is 6. The molecule has 2 aromatic carbocycles.